The lowest BCUT2D eigenvalue weighted by atomic mass is 10.3. The van der Waals surface area contributed by atoms with Crippen LogP contribution in [0.4, 0.5) is 23.2 Å². The van der Waals surface area contributed by atoms with Crippen molar-refractivity contribution in [3.05, 3.63) is 24.0 Å². The van der Waals surface area contributed by atoms with Gasteiger partial charge in [0.15, 0.2) is 0 Å². The lowest BCUT2D eigenvalue weighted by Crippen LogP contribution is -2.25. The molecule has 1 aromatic rings. The summed E-state index contributed by atoms with van der Waals surface area (Å²) in [5.41, 5.74) is -6.25. The third-order valence-corrected chi connectivity index (χ3v) is 3.49. The summed E-state index contributed by atoms with van der Waals surface area (Å²) in [5, 5.41) is 10.3. The van der Waals surface area contributed by atoms with Gasteiger partial charge in [-0.15, -0.1) is 0 Å². The molecule has 0 aromatic heterocycles. The third-order valence-electron chi connectivity index (χ3n) is 1.97. The molecule has 1 rings (SSSR count). The van der Waals surface area contributed by atoms with Crippen molar-refractivity contribution in [1.29, 1.82) is 0 Å². The van der Waals surface area contributed by atoms with E-state index in [1.165, 1.54) is 0 Å². The second kappa shape index (κ2) is 5.03. The smallest absolute Gasteiger partial charge is 0.480 e. The molecule has 0 atom stereocenters. The molecule has 0 amide bonds. The SMILES string of the molecule is O=C(O)CNc1ccc(F)cc1S(=O)(=O)C(F)(F)F. The fourth-order valence-electron chi connectivity index (χ4n) is 1.16. The Balaban J connectivity index is 3.33. The third kappa shape index (κ3) is 3.34. The molecule has 0 radical (unpaired) electrons. The highest BCUT2D eigenvalue weighted by Crippen LogP contribution is 2.34. The first kappa shape index (κ1) is 15.2. The van der Waals surface area contributed by atoms with E-state index in [2.05, 4.69) is 0 Å². The molecule has 0 unspecified atom stereocenters. The second-order valence-electron chi connectivity index (χ2n) is 3.34. The first-order valence-electron chi connectivity index (χ1n) is 4.62. The molecule has 0 aliphatic rings. The number of aliphatic carboxylic acids is 1. The Morgan fingerprint density at radius 2 is 1.89 bits per heavy atom. The van der Waals surface area contributed by atoms with Crippen molar-refractivity contribution in [3.8, 4) is 0 Å². The number of benzene rings is 1. The van der Waals surface area contributed by atoms with Gasteiger partial charge in [-0.2, -0.15) is 13.2 Å². The number of alkyl halides is 3. The van der Waals surface area contributed by atoms with Gasteiger partial charge < -0.3 is 10.4 Å². The fourth-order valence-corrected chi connectivity index (χ4v) is 2.11. The maximum atomic E-state index is 12.9. The largest absolute Gasteiger partial charge is 0.501 e. The number of hydrogen-bond donors (Lipinski definition) is 2. The number of nitrogens with one attached hydrogen (secondary N) is 1. The van der Waals surface area contributed by atoms with Crippen LogP contribution in [0.15, 0.2) is 23.1 Å². The van der Waals surface area contributed by atoms with Gasteiger partial charge in [-0.25, -0.2) is 12.8 Å². The molecule has 0 aliphatic heterocycles. The van der Waals surface area contributed by atoms with E-state index in [9.17, 15) is 30.8 Å². The Hall–Kier alpha value is -1.84. The molecule has 106 valence electrons. The summed E-state index contributed by atoms with van der Waals surface area (Å²) in [6, 6.07) is 1.60. The van der Waals surface area contributed by atoms with Crippen molar-refractivity contribution in [3.63, 3.8) is 0 Å². The average molecular weight is 301 g/mol. The Morgan fingerprint density at radius 3 is 2.37 bits per heavy atom. The van der Waals surface area contributed by atoms with E-state index in [4.69, 9.17) is 5.11 Å². The zero-order valence-electron chi connectivity index (χ0n) is 9.03. The van der Waals surface area contributed by atoms with Crippen LogP contribution in [0.3, 0.4) is 0 Å². The quantitative estimate of drug-likeness (QED) is 0.826. The molecule has 0 aliphatic carbocycles. The lowest BCUT2D eigenvalue weighted by Gasteiger charge is -2.13. The van der Waals surface area contributed by atoms with Gasteiger partial charge in [0.1, 0.15) is 17.3 Å². The van der Waals surface area contributed by atoms with Gasteiger partial charge in [0, 0.05) is 0 Å². The van der Waals surface area contributed by atoms with Crippen LogP contribution in [0.5, 0.6) is 0 Å². The average Bonchev–Trinajstić information content (AvgIpc) is 2.25. The molecule has 19 heavy (non-hydrogen) atoms. The van der Waals surface area contributed by atoms with Gasteiger partial charge in [0.05, 0.1) is 5.69 Å². The van der Waals surface area contributed by atoms with E-state index in [1.807, 2.05) is 5.32 Å². The van der Waals surface area contributed by atoms with E-state index in [-0.39, 0.29) is 6.07 Å². The maximum Gasteiger partial charge on any atom is 0.501 e. The lowest BCUT2D eigenvalue weighted by molar-refractivity contribution is -0.134. The maximum absolute atomic E-state index is 12.9. The first-order chi connectivity index (χ1) is 8.55. The van der Waals surface area contributed by atoms with Crippen molar-refractivity contribution in [2.24, 2.45) is 0 Å². The number of carboxylic acids is 1. The van der Waals surface area contributed by atoms with E-state index in [1.54, 1.807) is 0 Å². The Labute approximate surface area is 104 Å². The van der Waals surface area contributed by atoms with Crippen molar-refractivity contribution in [2.75, 3.05) is 11.9 Å². The number of rotatable bonds is 4. The number of anilines is 1. The molecule has 10 heteroatoms. The van der Waals surface area contributed by atoms with Gasteiger partial charge >= 0.3 is 11.5 Å². The standard InChI is InChI=1S/C9H7F4NO4S/c10-5-1-2-6(14-4-8(15)16)7(3-5)19(17,18)9(11,12)13/h1-3,14H,4H2,(H,15,16). The van der Waals surface area contributed by atoms with Crippen molar-refractivity contribution in [1.82, 2.24) is 0 Å². The monoisotopic (exact) mass is 301 g/mol. The fraction of sp³-hybridized carbons (Fsp3) is 0.222. The normalized spacial score (nSPS) is 12.2. The van der Waals surface area contributed by atoms with Crippen LogP contribution < -0.4 is 5.32 Å². The second-order valence-corrected chi connectivity index (χ2v) is 5.25. The molecule has 0 fully saturated rings. The van der Waals surface area contributed by atoms with E-state index >= 15 is 0 Å². The zero-order valence-corrected chi connectivity index (χ0v) is 9.85. The number of carbonyl (C=O) groups is 1. The number of sulfone groups is 1. The number of hydrogen-bond acceptors (Lipinski definition) is 4. The molecular weight excluding hydrogens is 294 g/mol. The molecule has 0 bridgehead atoms. The molecule has 0 spiro atoms. The van der Waals surface area contributed by atoms with Crippen LogP contribution in [-0.2, 0) is 14.6 Å². The number of halogens is 4. The molecule has 5 nitrogen and oxygen atoms in total. The predicted octanol–water partition coefficient (Wildman–Crippen LogP) is 1.62. The predicted molar refractivity (Wildman–Crippen MR) is 55.8 cm³/mol. The summed E-state index contributed by atoms with van der Waals surface area (Å²) < 4.78 is 72.4. The summed E-state index contributed by atoms with van der Waals surface area (Å²) >= 11 is 0. The number of carboxylic acid groups (broad SMARTS) is 1. The Kier molecular flexibility index (Phi) is 4.03. The Morgan fingerprint density at radius 1 is 1.32 bits per heavy atom. The molecule has 1 aromatic carbocycles. The minimum Gasteiger partial charge on any atom is -0.480 e. The molecule has 0 saturated heterocycles. The van der Waals surface area contributed by atoms with Crippen molar-refractivity contribution in [2.45, 2.75) is 10.4 Å². The van der Waals surface area contributed by atoms with Crippen LogP contribution in [-0.4, -0.2) is 31.5 Å². The first-order valence-corrected chi connectivity index (χ1v) is 6.10. The van der Waals surface area contributed by atoms with Crippen LogP contribution in [0.2, 0.25) is 0 Å². The van der Waals surface area contributed by atoms with E-state index in [0.717, 1.165) is 6.07 Å². The van der Waals surface area contributed by atoms with Gasteiger partial charge in [0.25, 0.3) is 9.84 Å². The summed E-state index contributed by atoms with van der Waals surface area (Å²) in [7, 11) is -5.77. The van der Waals surface area contributed by atoms with Crippen molar-refractivity contribution < 1.29 is 35.9 Å². The highest BCUT2D eigenvalue weighted by Gasteiger charge is 2.48. The summed E-state index contributed by atoms with van der Waals surface area (Å²) in [4.78, 5) is 8.93. The van der Waals surface area contributed by atoms with Gasteiger partial charge in [0.2, 0.25) is 0 Å². The minimum absolute atomic E-state index is 0.174. The van der Waals surface area contributed by atoms with Gasteiger partial charge in [-0.3, -0.25) is 4.79 Å². The van der Waals surface area contributed by atoms with Gasteiger partial charge in [-0.1, -0.05) is 0 Å². The molecule has 2 N–H and O–H groups in total. The summed E-state index contributed by atoms with van der Waals surface area (Å²) in [6.07, 6.45) is 0. The van der Waals surface area contributed by atoms with Crippen LogP contribution in [0, 0.1) is 5.82 Å². The topological polar surface area (TPSA) is 83.5 Å². The zero-order chi connectivity index (χ0) is 14.8. The summed E-state index contributed by atoms with van der Waals surface area (Å²) in [6.45, 7) is -0.813. The van der Waals surface area contributed by atoms with Crippen molar-refractivity contribution >= 4 is 21.5 Å². The van der Waals surface area contributed by atoms with E-state index in [0.29, 0.717) is 6.07 Å². The van der Waals surface area contributed by atoms with E-state index < -0.39 is 44.3 Å². The van der Waals surface area contributed by atoms with Crippen LogP contribution in [0.25, 0.3) is 0 Å². The molecular formula is C9H7F4NO4S. The molecule has 0 saturated carbocycles. The highest BCUT2D eigenvalue weighted by atomic mass is 32.2. The Bertz CT molecular complexity index is 597. The summed E-state index contributed by atoms with van der Waals surface area (Å²) in [5.74, 6) is -2.61. The van der Waals surface area contributed by atoms with Crippen LogP contribution >= 0.6 is 0 Å². The van der Waals surface area contributed by atoms with Gasteiger partial charge in [-0.05, 0) is 18.2 Å². The minimum atomic E-state index is -5.77. The van der Waals surface area contributed by atoms with Crippen LogP contribution in [0.1, 0.15) is 0 Å². The highest BCUT2D eigenvalue weighted by molar-refractivity contribution is 7.92. The molecule has 0 heterocycles.